The van der Waals surface area contributed by atoms with Crippen molar-refractivity contribution in [2.75, 3.05) is 20.6 Å². The fourth-order valence-electron chi connectivity index (χ4n) is 2.33. The lowest BCUT2D eigenvalue weighted by Gasteiger charge is -2.20. The van der Waals surface area contributed by atoms with Crippen LogP contribution in [-0.4, -0.2) is 54.8 Å². The molecule has 1 heterocycles. The number of carbonyl (C=O) groups excluding carboxylic acids is 1. The van der Waals surface area contributed by atoms with Gasteiger partial charge in [0.15, 0.2) is 0 Å². The molecule has 7 heteroatoms. The Kier molecular flexibility index (Phi) is 4.43. The summed E-state index contributed by atoms with van der Waals surface area (Å²) in [5.41, 5.74) is 0.380. The van der Waals surface area contributed by atoms with Crippen molar-refractivity contribution in [1.82, 2.24) is 13.8 Å². The summed E-state index contributed by atoms with van der Waals surface area (Å²) >= 11 is 0. The van der Waals surface area contributed by atoms with Crippen LogP contribution in [0, 0.1) is 0 Å². The number of aromatic nitrogens is 1. The van der Waals surface area contributed by atoms with Crippen LogP contribution in [-0.2, 0) is 17.1 Å². The summed E-state index contributed by atoms with van der Waals surface area (Å²) in [5.74, 6) is -0.201. The Labute approximate surface area is 126 Å². The van der Waals surface area contributed by atoms with E-state index in [2.05, 4.69) is 0 Å². The van der Waals surface area contributed by atoms with E-state index in [0.29, 0.717) is 12.2 Å². The summed E-state index contributed by atoms with van der Waals surface area (Å²) < 4.78 is 28.7. The number of nitrogens with zero attached hydrogens (tertiary/aromatic N) is 3. The molecule has 1 aromatic heterocycles. The summed E-state index contributed by atoms with van der Waals surface area (Å²) in [4.78, 5) is 13.7. The van der Waals surface area contributed by atoms with Crippen molar-refractivity contribution < 1.29 is 13.2 Å². The number of hydrogen-bond acceptors (Lipinski definition) is 3. The van der Waals surface area contributed by atoms with Crippen LogP contribution in [0.15, 0.2) is 17.2 Å². The second kappa shape index (κ2) is 5.81. The standard InChI is InChI=1S/C14H23N3O3S/c1-5-8-17(11-6-7-11)21(19,20)12-9-13(16(4)10-12)14(18)15(2)3/h9-11H,5-8H2,1-4H3. The van der Waals surface area contributed by atoms with Crippen LogP contribution in [0.5, 0.6) is 0 Å². The van der Waals surface area contributed by atoms with E-state index in [4.69, 9.17) is 0 Å². The fourth-order valence-corrected chi connectivity index (χ4v) is 4.18. The van der Waals surface area contributed by atoms with E-state index in [9.17, 15) is 13.2 Å². The van der Waals surface area contributed by atoms with E-state index in [0.717, 1.165) is 19.3 Å². The van der Waals surface area contributed by atoms with E-state index >= 15 is 0 Å². The minimum Gasteiger partial charge on any atom is -0.345 e. The number of amides is 1. The van der Waals surface area contributed by atoms with E-state index in [1.165, 1.54) is 17.2 Å². The van der Waals surface area contributed by atoms with Crippen molar-refractivity contribution in [3.8, 4) is 0 Å². The zero-order valence-corrected chi connectivity index (χ0v) is 13.9. The highest BCUT2D eigenvalue weighted by Gasteiger charge is 2.38. The molecule has 1 aromatic rings. The first kappa shape index (κ1) is 16.0. The van der Waals surface area contributed by atoms with E-state index in [-0.39, 0.29) is 16.8 Å². The average molecular weight is 313 g/mol. The van der Waals surface area contributed by atoms with Gasteiger partial charge in [0, 0.05) is 39.9 Å². The first-order valence-corrected chi connectivity index (χ1v) is 8.63. The Morgan fingerprint density at radius 1 is 1.38 bits per heavy atom. The quantitative estimate of drug-likeness (QED) is 0.795. The van der Waals surface area contributed by atoms with Gasteiger partial charge in [0.05, 0.1) is 0 Å². The molecule has 0 unspecified atom stereocenters. The van der Waals surface area contributed by atoms with E-state index in [1.54, 1.807) is 30.0 Å². The van der Waals surface area contributed by atoms with Crippen LogP contribution in [0.1, 0.15) is 36.7 Å². The molecule has 0 atom stereocenters. The van der Waals surface area contributed by atoms with Gasteiger partial charge in [-0.05, 0) is 25.3 Å². The molecule has 1 aliphatic rings. The SMILES string of the molecule is CCCN(C1CC1)S(=O)(=O)c1cc(C(=O)N(C)C)n(C)c1. The van der Waals surface area contributed by atoms with Crippen LogP contribution >= 0.6 is 0 Å². The molecule has 0 aliphatic heterocycles. The zero-order chi connectivity index (χ0) is 15.8. The second-order valence-corrected chi connectivity index (χ2v) is 7.61. The Morgan fingerprint density at radius 3 is 2.48 bits per heavy atom. The van der Waals surface area contributed by atoms with Gasteiger partial charge in [-0.1, -0.05) is 6.92 Å². The summed E-state index contributed by atoms with van der Waals surface area (Å²) in [6, 6.07) is 1.60. The van der Waals surface area contributed by atoms with Crippen molar-refractivity contribution in [3.63, 3.8) is 0 Å². The lowest BCUT2D eigenvalue weighted by Crippen LogP contribution is -2.33. The third-order valence-corrected chi connectivity index (χ3v) is 5.53. The van der Waals surface area contributed by atoms with E-state index in [1.807, 2.05) is 6.92 Å². The summed E-state index contributed by atoms with van der Waals surface area (Å²) in [6.07, 6.45) is 4.16. The molecule has 6 nitrogen and oxygen atoms in total. The van der Waals surface area contributed by atoms with Crippen LogP contribution in [0.3, 0.4) is 0 Å². The molecule has 2 rings (SSSR count). The minimum atomic E-state index is -3.52. The smallest absolute Gasteiger partial charge is 0.269 e. The maximum absolute atomic E-state index is 12.7. The van der Waals surface area contributed by atoms with Crippen molar-refractivity contribution in [1.29, 1.82) is 0 Å². The Balaban J connectivity index is 2.36. The molecule has 0 saturated heterocycles. The van der Waals surface area contributed by atoms with Gasteiger partial charge in [-0.25, -0.2) is 8.42 Å². The Morgan fingerprint density at radius 2 is 2.00 bits per heavy atom. The first-order chi connectivity index (χ1) is 9.78. The highest BCUT2D eigenvalue weighted by molar-refractivity contribution is 7.89. The lowest BCUT2D eigenvalue weighted by atomic mass is 10.4. The zero-order valence-electron chi connectivity index (χ0n) is 13.0. The molecule has 1 saturated carbocycles. The largest absolute Gasteiger partial charge is 0.345 e. The second-order valence-electron chi connectivity index (χ2n) is 5.72. The van der Waals surface area contributed by atoms with Crippen molar-refractivity contribution in [2.45, 2.75) is 37.1 Å². The number of rotatable bonds is 6. The van der Waals surface area contributed by atoms with Gasteiger partial charge in [0.2, 0.25) is 10.0 Å². The van der Waals surface area contributed by atoms with Gasteiger partial charge in [0.25, 0.3) is 5.91 Å². The third-order valence-electron chi connectivity index (χ3n) is 3.61. The fraction of sp³-hybridized carbons (Fsp3) is 0.643. The van der Waals surface area contributed by atoms with Gasteiger partial charge in [-0.15, -0.1) is 0 Å². The molecule has 1 amide bonds. The number of sulfonamides is 1. The first-order valence-electron chi connectivity index (χ1n) is 7.19. The number of aryl methyl sites for hydroxylation is 1. The molecule has 1 aliphatic carbocycles. The summed E-state index contributed by atoms with van der Waals surface area (Å²) in [6.45, 7) is 2.50. The monoisotopic (exact) mass is 313 g/mol. The maximum atomic E-state index is 12.7. The molecule has 0 aromatic carbocycles. The molecule has 0 bridgehead atoms. The van der Waals surface area contributed by atoms with E-state index < -0.39 is 10.0 Å². The Bertz CT molecular complexity index is 630. The third kappa shape index (κ3) is 3.13. The maximum Gasteiger partial charge on any atom is 0.269 e. The van der Waals surface area contributed by atoms with Gasteiger partial charge in [0.1, 0.15) is 10.6 Å². The molecular formula is C14H23N3O3S. The van der Waals surface area contributed by atoms with Crippen LogP contribution in [0.4, 0.5) is 0 Å². The molecule has 0 spiro atoms. The van der Waals surface area contributed by atoms with Crippen molar-refractivity contribution >= 4 is 15.9 Å². The van der Waals surface area contributed by atoms with Crippen LogP contribution < -0.4 is 0 Å². The van der Waals surface area contributed by atoms with Crippen LogP contribution in [0.2, 0.25) is 0 Å². The normalized spacial score (nSPS) is 15.5. The molecule has 118 valence electrons. The predicted octanol–water partition coefficient (Wildman–Crippen LogP) is 1.29. The highest BCUT2D eigenvalue weighted by Crippen LogP contribution is 2.32. The highest BCUT2D eigenvalue weighted by atomic mass is 32.2. The van der Waals surface area contributed by atoms with Crippen LogP contribution in [0.25, 0.3) is 0 Å². The number of hydrogen-bond donors (Lipinski definition) is 0. The van der Waals surface area contributed by atoms with Gasteiger partial charge in [-0.3, -0.25) is 4.79 Å². The van der Waals surface area contributed by atoms with Crippen molar-refractivity contribution in [2.24, 2.45) is 7.05 Å². The minimum absolute atomic E-state index is 0.128. The molecule has 0 N–H and O–H groups in total. The topological polar surface area (TPSA) is 62.6 Å². The summed E-state index contributed by atoms with van der Waals surface area (Å²) in [5, 5.41) is 0. The summed E-state index contributed by atoms with van der Waals surface area (Å²) in [7, 11) is 1.47. The molecule has 21 heavy (non-hydrogen) atoms. The van der Waals surface area contributed by atoms with Gasteiger partial charge >= 0.3 is 0 Å². The molecule has 0 radical (unpaired) electrons. The van der Waals surface area contributed by atoms with Gasteiger partial charge < -0.3 is 9.47 Å². The van der Waals surface area contributed by atoms with Crippen molar-refractivity contribution in [3.05, 3.63) is 18.0 Å². The molecular weight excluding hydrogens is 290 g/mol. The Hall–Kier alpha value is -1.34. The predicted molar refractivity (Wildman–Crippen MR) is 80.6 cm³/mol. The average Bonchev–Trinajstić information content (AvgIpc) is 3.16. The lowest BCUT2D eigenvalue weighted by molar-refractivity contribution is 0.0818. The number of carbonyl (C=O) groups is 1. The molecule has 1 fully saturated rings. The van der Waals surface area contributed by atoms with Gasteiger partial charge in [-0.2, -0.15) is 4.31 Å².